The van der Waals surface area contributed by atoms with E-state index in [1.165, 1.54) is 0 Å². The first-order chi connectivity index (χ1) is 0. The van der Waals surface area contributed by atoms with Crippen LogP contribution in [-0.2, 0) is 11.0 Å². The zero-order valence-corrected chi connectivity index (χ0v) is 9.12. The summed E-state index contributed by atoms with van der Waals surface area (Å²) in [6, 6.07) is 0. The second kappa shape index (κ2) is 18.3. The summed E-state index contributed by atoms with van der Waals surface area (Å²) >= 11 is 0. The maximum Gasteiger partial charge on any atom is 3.00 e. The summed E-state index contributed by atoms with van der Waals surface area (Å²) in [6.45, 7) is 0. The Kier molecular flexibility index (Phi) is 151. The number of rotatable bonds is 0. The van der Waals surface area contributed by atoms with E-state index < -0.39 is 0 Å². The van der Waals surface area contributed by atoms with Gasteiger partial charge in [0, 0.05) is 31.1 Å². The van der Waals surface area contributed by atoms with Crippen molar-refractivity contribution in [1.29, 1.82) is 0 Å². The molecule has 0 spiro atoms. The quantitative estimate of drug-likeness (QED) is 0.530. The molecule has 1 radical (unpaired) electrons. The SMILES string of the molecule is [Ce+3].[O-2].[O-2].[U]. The first kappa shape index (κ1) is 32.9. The summed E-state index contributed by atoms with van der Waals surface area (Å²) in [5.74, 6) is 0. The van der Waals surface area contributed by atoms with Gasteiger partial charge in [0.15, 0.2) is 0 Å². The summed E-state index contributed by atoms with van der Waals surface area (Å²) in [5, 5.41) is 0. The molecule has 0 aliphatic heterocycles. The van der Waals surface area contributed by atoms with E-state index in [-0.39, 0.29) is 83.8 Å². The maximum atomic E-state index is 0. The van der Waals surface area contributed by atoms with Crippen molar-refractivity contribution in [3.63, 3.8) is 0 Å². The van der Waals surface area contributed by atoms with Gasteiger partial charge >= 0.3 is 41.7 Å². The Balaban J connectivity index is 0. The van der Waals surface area contributed by atoms with Crippen LogP contribution in [0.3, 0.4) is 0 Å². The van der Waals surface area contributed by atoms with E-state index in [0.29, 0.717) is 0 Å². The Morgan fingerprint density at radius 3 is 0.750 bits per heavy atom. The van der Waals surface area contributed by atoms with Crippen molar-refractivity contribution in [2.45, 2.75) is 0 Å². The first-order valence-corrected chi connectivity index (χ1v) is 0. The van der Waals surface area contributed by atoms with Crippen molar-refractivity contribution in [3.05, 3.63) is 0 Å². The molecule has 0 aromatic carbocycles. The fourth-order valence-corrected chi connectivity index (χ4v) is 0. The van der Waals surface area contributed by atoms with E-state index in [2.05, 4.69) is 0 Å². The summed E-state index contributed by atoms with van der Waals surface area (Å²) in [6.07, 6.45) is 0. The van der Waals surface area contributed by atoms with Crippen molar-refractivity contribution >= 4 is 0 Å². The first-order valence-electron chi connectivity index (χ1n) is 0. The van der Waals surface area contributed by atoms with Crippen LogP contribution in [-0.4, -0.2) is 0 Å². The molecular weight excluding hydrogens is 410 g/mol. The van der Waals surface area contributed by atoms with Gasteiger partial charge in [-0.1, -0.05) is 0 Å². The van der Waals surface area contributed by atoms with Gasteiger partial charge < -0.3 is 11.0 Å². The Hall–Kier alpha value is 2.35. The zero-order valence-electron chi connectivity index (χ0n) is 1.82. The van der Waals surface area contributed by atoms with Crippen molar-refractivity contribution < 1.29 is 83.8 Å². The fourth-order valence-electron chi connectivity index (χ4n) is 0. The van der Waals surface area contributed by atoms with Crippen LogP contribution < -0.4 is 0 Å². The van der Waals surface area contributed by atoms with Crippen LogP contribution in [0.2, 0.25) is 0 Å². The Labute approximate surface area is 82.1 Å². The third-order valence-corrected chi connectivity index (χ3v) is 0. The Bertz CT molecular complexity index is 6.00. The number of hydrogen-bond donors (Lipinski definition) is 0. The minimum absolute atomic E-state index is 0. The van der Waals surface area contributed by atoms with Gasteiger partial charge in [0.1, 0.15) is 0 Å². The van der Waals surface area contributed by atoms with Crippen molar-refractivity contribution in [2.75, 3.05) is 0 Å². The second-order valence-corrected chi connectivity index (χ2v) is 0. The van der Waals surface area contributed by atoms with Crippen LogP contribution in [0.4, 0.5) is 0 Å². The fraction of sp³-hybridized carbons (Fsp3) is 0. The average Bonchev–Trinajstić information content (AvgIpc) is 0. The van der Waals surface area contributed by atoms with E-state index in [1.54, 1.807) is 0 Å². The van der Waals surface area contributed by atoms with Gasteiger partial charge in [0.05, 0.1) is 0 Å². The predicted molar refractivity (Wildman–Crippen MR) is 1.37 cm³/mol. The molecule has 0 N–H and O–H groups in total. The largest absolute Gasteiger partial charge is 3.00 e. The van der Waals surface area contributed by atoms with E-state index in [1.807, 2.05) is 0 Å². The van der Waals surface area contributed by atoms with E-state index in [4.69, 9.17) is 0 Å². The standard InChI is InChI=1S/Ce.2O.U/q+3;2*-2;. The normalized spacial score (nSPS) is 0. The molecule has 0 aromatic heterocycles. The molecule has 0 saturated carbocycles. The molecule has 0 saturated heterocycles. The molecule has 2 nitrogen and oxygen atoms in total. The molecule has 0 fully saturated rings. The topological polar surface area (TPSA) is 57.0 Å². The third kappa shape index (κ3) is 8.84. The van der Waals surface area contributed by atoms with Gasteiger partial charge in [-0.05, 0) is 0 Å². The van der Waals surface area contributed by atoms with Gasteiger partial charge in [0.25, 0.3) is 0 Å². The molecule has 0 rings (SSSR count). The van der Waals surface area contributed by atoms with Gasteiger partial charge in [-0.15, -0.1) is 0 Å². The van der Waals surface area contributed by atoms with Crippen molar-refractivity contribution in [3.8, 4) is 0 Å². The monoisotopic (exact) mass is 410 g/mol. The molecule has 0 aliphatic rings. The van der Waals surface area contributed by atoms with Crippen molar-refractivity contribution in [1.82, 2.24) is 0 Å². The molecule has 0 unspecified atom stereocenters. The average molecular weight is 410 g/mol. The molecule has 0 atom stereocenters. The molecular formula is CeO2U-. The van der Waals surface area contributed by atoms with Crippen LogP contribution in [0.15, 0.2) is 0 Å². The zero-order chi connectivity index (χ0) is 0. The van der Waals surface area contributed by atoms with Gasteiger partial charge in [0.2, 0.25) is 0 Å². The van der Waals surface area contributed by atoms with E-state index >= 15 is 0 Å². The Morgan fingerprint density at radius 2 is 0.750 bits per heavy atom. The molecule has 0 amide bonds. The van der Waals surface area contributed by atoms with Crippen LogP contribution >= 0.6 is 0 Å². The molecule has 0 aliphatic carbocycles. The van der Waals surface area contributed by atoms with Crippen LogP contribution in [0.5, 0.6) is 0 Å². The summed E-state index contributed by atoms with van der Waals surface area (Å²) in [4.78, 5) is 0. The van der Waals surface area contributed by atoms with Crippen LogP contribution in [0.1, 0.15) is 0 Å². The smallest absolute Gasteiger partial charge is 2.00 e. The van der Waals surface area contributed by atoms with Gasteiger partial charge in [-0.2, -0.15) is 0 Å². The van der Waals surface area contributed by atoms with Crippen molar-refractivity contribution in [2.24, 2.45) is 0 Å². The van der Waals surface area contributed by atoms with E-state index in [0.717, 1.165) is 0 Å². The molecule has 0 bridgehead atoms. The van der Waals surface area contributed by atoms with Crippen LogP contribution in [0, 0.1) is 72.9 Å². The molecule has 0 heterocycles. The Morgan fingerprint density at radius 1 is 0.750 bits per heavy atom. The number of hydrogen-bond acceptors (Lipinski definition) is 0. The minimum Gasteiger partial charge on any atom is -2.00 e. The maximum absolute atomic E-state index is 0. The second-order valence-electron chi connectivity index (χ2n) is 0. The molecule has 21 valence electrons. The van der Waals surface area contributed by atoms with Gasteiger partial charge in [-0.3, -0.25) is 0 Å². The minimum atomic E-state index is 0. The third-order valence-electron chi connectivity index (χ3n) is 0. The summed E-state index contributed by atoms with van der Waals surface area (Å²) < 4.78 is 0. The summed E-state index contributed by atoms with van der Waals surface area (Å²) in [7, 11) is 0. The summed E-state index contributed by atoms with van der Waals surface area (Å²) in [5.41, 5.74) is 0. The van der Waals surface area contributed by atoms with Crippen LogP contribution in [0.25, 0.3) is 0 Å². The molecule has 4 heavy (non-hydrogen) atoms. The predicted octanol–water partition coefficient (Wildman–Crippen LogP) is -0.238. The molecule has 4 heteroatoms. The molecule has 0 aromatic rings. The van der Waals surface area contributed by atoms with Gasteiger partial charge in [-0.25, -0.2) is 0 Å². The van der Waals surface area contributed by atoms with E-state index in [9.17, 15) is 0 Å².